The van der Waals surface area contributed by atoms with Gasteiger partial charge in [0, 0.05) is 12.3 Å². The van der Waals surface area contributed by atoms with E-state index in [1.165, 1.54) is 0 Å². The second kappa shape index (κ2) is 7.67. The second-order valence-corrected chi connectivity index (χ2v) is 21.3. The maximum absolute atomic E-state index is 7.10. The summed E-state index contributed by atoms with van der Waals surface area (Å²) in [5, 5.41) is 4.74. The molecule has 0 amide bonds. The van der Waals surface area contributed by atoms with Gasteiger partial charge in [0.2, 0.25) is 0 Å². The van der Waals surface area contributed by atoms with Crippen LogP contribution in [0.5, 0.6) is 0 Å². The molecule has 0 bridgehead atoms. The van der Waals surface area contributed by atoms with Crippen molar-refractivity contribution in [1.29, 1.82) is 0 Å². The normalized spacial score (nSPS) is 29.1. The van der Waals surface area contributed by atoms with Crippen LogP contribution in [0.15, 0.2) is 17.8 Å². The van der Waals surface area contributed by atoms with Crippen molar-refractivity contribution in [3.63, 3.8) is 0 Å². The molecule has 0 aromatic rings. The molecule has 0 radical (unpaired) electrons. The molecule has 0 N–H and O–H groups in total. The zero-order valence-electron chi connectivity index (χ0n) is 19.9. The number of nitrogens with zero attached hydrogens (tertiary/aromatic N) is 1. The second-order valence-electron chi connectivity index (χ2n) is 11.8. The third kappa shape index (κ3) is 4.82. The Kier molecular flexibility index (Phi) is 6.53. The quantitative estimate of drug-likeness (QED) is 0.360. The number of hydrogen-bond donors (Lipinski definition) is 0. The summed E-state index contributed by atoms with van der Waals surface area (Å²) in [6.07, 6.45) is 4.64. The average molecular weight is 426 g/mol. The molecule has 2 aliphatic rings. The van der Waals surface area contributed by atoms with E-state index < -0.39 is 16.6 Å². The summed E-state index contributed by atoms with van der Waals surface area (Å²) in [5.41, 5.74) is 0.859. The lowest BCUT2D eigenvalue weighted by Crippen LogP contribution is -2.58. The molecule has 0 aromatic heterocycles. The van der Waals surface area contributed by atoms with E-state index in [4.69, 9.17) is 13.7 Å². The van der Waals surface area contributed by atoms with Gasteiger partial charge < -0.3 is 13.7 Å². The number of hydrogen-bond acceptors (Lipinski definition) is 4. The summed E-state index contributed by atoms with van der Waals surface area (Å²) in [5.74, 6) is 0.285. The Morgan fingerprint density at radius 2 is 1.64 bits per heavy atom. The summed E-state index contributed by atoms with van der Waals surface area (Å²) >= 11 is 0. The number of oxime groups is 1. The third-order valence-electron chi connectivity index (χ3n) is 7.41. The van der Waals surface area contributed by atoms with Crippen LogP contribution in [0.2, 0.25) is 36.3 Å². The zero-order valence-corrected chi connectivity index (χ0v) is 21.9. The van der Waals surface area contributed by atoms with Crippen LogP contribution in [0.25, 0.3) is 0 Å². The maximum atomic E-state index is 7.10. The molecule has 1 aliphatic heterocycles. The summed E-state index contributed by atoms with van der Waals surface area (Å²) in [6.45, 7) is 27.8. The van der Waals surface area contributed by atoms with Crippen LogP contribution in [0, 0.1) is 5.92 Å². The predicted octanol–water partition coefficient (Wildman–Crippen LogP) is 6.51. The topological polar surface area (TPSA) is 40.0 Å². The predicted molar refractivity (Wildman–Crippen MR) is 124 cm³/mol. The van der Waals surface area contributed by atoms with Gasteiger partial charge in [-0.1, -0.05) is 52.8 Å². The minimum absolute atomic E-state index is 0.0214. The van der Waals surface area contributed by atoms with Crippen molar-refractivity contribution in [2.45, 2.75) is 109 Å². The van der Waals surface area contributed by atoms with Crippen LogP contribution in [-0.2, 0) is 13.7 Å². The molecule has 2 rings (SSSR count). The highest BCUT2D eigenvalue weighted by molar-refractivity contribution is 6.74. The highest BCUT2D eigenvalue weighted by Crippen LogP contribution is 2.48. The van der Waals surface area contributed by atoms with Crippen LogP contribution >= 0.6 is 0 Å². The Labute approximate surface area is 175 Å². The zero-order chi connectivity index (χ0) is 21.6. The fraction of sp³-hybridized carbons (Fsp3) is 0.864. The van der Waals surface area contributed by atoms with Crippen LogP contribution in [0.4, 0.5) is 0 Å². The lowest BCUT2D eigenvalue weighted by Gasteiger charge is -2.51. The van der Waals surface area contributed by atoms with Gasteiger partial charge in [-0.25, -0.2) is 0 Å². The molecule has 3 atom stereocenters. The van der Waals surface area contributed by atoms with E-state index in [1.807, 2.05) is 6.08 Å². The molecule has 0 aromatic carbocycles. The average Bonchev–Trinajstić information content (AvgIpc) is 2.92. The molecule has 1 heterocycles. The maximum Gasteiger partial charge on any atom is 0.192 e. The Morgan fingerprint density at radius 3 is 2.14 bits per heavy atom. The van der Waals surface area contributed by atoms with E-state index in [0.717, 1.165) is 25.0 Å². The van der Waals surface area contributed by atoms with E-state index in [-0.39, 0.29) is 27.7 Å². The van der Waals surface area contributed by atoms with E-state index in [1.54, 1.807) is 0 Å². The van der Waals surface area contributed by atoms with Gasteiger partial charge in [-0.05, 0) is 49.1 Å². The molecule has 0 saturated heterocycles. The first-order valence-electron chi connectivity index (χ1n) is 10.7. The first-order chi connectivity index (χ1) is 12.5. The van der Waals surface area contributed by atoms with Crippen molar-refractivity contribution in [3.05, 3.63) is 12.7 Å². The molecule has 28 heavy (non-hydrogen) atoms. The van der Waals surface area contributed by atoms with Crippen molar-refractivity contribution in [2.75, 3.05) is 6.61 Å². The minimum atomic E-state index is -1.94. The van der Waals surface area contributed by atoms with Gasteiger partial charge in [0.05, 0.1) is 17.4 Å². The summed E-state index contributed by atoms with van der Waals surface area (Å²) in [4.78, 5) is 5.54. The van der Waals surface area contributed by atoms with E-state index >= 15 is 0 Å². The number of fused-ring (bicyclic) bond motifs is 1. The fourth-order valence-electron chi connectivity index (χ4n) is 3.71. The molecule has 6 heteroatoms. The van der Waals surface area contributed by atoms with Crippen LogP contribution in [-0.4, -0.2) is 40.7 Å². The first-order valence-corrected chi connectivity index (χ1v) is 16.5. The standard InChI is InChI=1S/C22H43NO3Si2/c1-12-13-22(26-28(10,11)21(5,6)7)14-17-16-24-23-19(17)18(15-22)25-27(8,9)20(2,3)4/h12,17-18H,1,13-16H2,2-11H3/t17-,18-,22+/m0/s1. The van der Waals surface area contributed by atoms with Crippen molar-refractivity contribution >= 4 is 22.3 Å². The summed E-state index contributed by atoms with van der Waals surface area (Å²) in [7, 11) is -3.88. The van der Waals surface area contributed by atoms with Crippen molar-refractivity contribution < 1.29 is 13.7 Å². The van der Waals surface area contributed by atoms with E-state index in [0.29, 0.717) is 6.61 Å². The first kappa shape index (κ1) is 23.8. The lowest BCUT2D eigenvalue weighted by atomic mass is 9.74. The van der Waals surface area contributed by atoms with E-state index in [2.05, 4.69) is 79.5 Å². The van der Waals surface area contributed by atoms with Gasteiger partial charge >= 0.3 is 0 Å². The van der Waals surface area contributed by atoms with Gasteiger partial charge in [0.1, 0.15) is 6.61 Å². The smallest absolute Gasteiger partial charge is 0.192 e. The Bertz CT molecular complexity index is 616. The van der Waals surface area contributed by atoms with Crippen LogP contribution in [0.3, 0.4) is 0 Å². The van der Waals surface area contributed by atoms with Crippen LogP contribution < -0.4 is 0 Å². The molecule has 0 unspecified atom stereocenters. The van der Waals surface area contributed by atoms with Gasteiger partial charge in [0.15, 0.2) is 16.6 Å². The molecule has 1 aliphatic carbocycles. The van der Waals surface area contributed by atoms with E-state index in [9.17, 15) is 0 Å². The molecule has 1 fully saturated rings. The summed E-state index contributed by atoms with van der Waals surface area (Å²) < 4.78 is 14.0. The van der Waals surface area contributed by atoms with Gasteiger partial charge in [0.25, 0.3) is 0 Å². The number of rotatable bonds is 6. The molecule has 1 saturated carbocycles. The van der Waals surface area contributed by atoms with Crippen molar-refractivity contribution in [1.82, 2.24) is 0 Å². The molecule has 162 valence electrons. The summed E-state index contributed by atoms with van der Waals surface area (Å²) in [6, 6.07) is 0. The fourth-order valence-corrected chi connectivity index (χ4v) is 6.61. The highest BCUT2D eigenvalue weighted by atomic mass is 28.4. The molecule has 4 nitrogen and oxygen atoms in total. The largest absolute Gasteiger partial charge is 0.411 e. The SMILES string of the molecule is C=CC[C@@]1(O[Si](C)(C)C(C)(C)C)C[C@H]2CON=C2[C@@H](O[Si](C)(C)C(C)(C)C)C1. The van der Waals surface area contributed by atoms with Crippen LogP contribution in [0.1, 0.15) is 60.8 Å². The van der Waals surface area contributed by atoms with Gasteiger partial charge in [-0.3, -0.25) is 0 Å². The Balaban J connectivity index is 2.38. The van der Waals surface area contributed by atoms with Crippen molar-refractivity contribution in [2.24, 2.45) is 11.1 Å². The lowest BCUT2D eigenvalue weighted by molar-refractivity contribution is -0.0101. The van der Waals surface area contributed by atoms with Gasteiger partial charge in [-0.2, -0.15) is 0 Å². The highest BCUT2D eigenvalue weighted by Gasteiger charge is 2.53. The monoisotopic (exact) mass is 425 g/mol. The van der Waals surface area contributed by atoms with Crippen molar-refractivity contribution in [3.8, 4) is 0 Å². The minimum Gasteiger partial charge on any atom is -0.411 e. The Hall–Kier alpha value is -0.436. The molecular weight excluding hydrogens is 382 g/mol. The molecular formula is C22H43NO3Si2. The van der Waals surface area contributed by atoms with Gasteiger partial charge in [-0.15, -0.1) is 6.58 Å². The third-order valence-corrected chi connectivity index (χ3v) is 16.4. The molecule has 0 spiro atoms. The Morgan fingerprint density at radius 1 is 1.07 bits per heavy atom.